The Morgan fingerprint density at radius 2 is 1.96 bits per heavy atom. The number of rotatable bonds is 5. The Balaban J connectivity index is 1.54. The lowest BCUT2D eigenvalue weighted by atomic mass is 10.1. The highest BCUT2D eigenvalue weighted by Crippen LogP contribution is 2.34. The zero-order valence-corrected chi connectivity index (χ0v) is 15.0. The van der Waals surface area contributed by atoms with Crippen molar-refractivity contribution in [2.45, 2.75) is 13.0 Å². The fraction of sp³-hybridized carbons (Fsp3) is 0.222. The summed E-state index contributed by atoms with van der Waals surface area (Å²) in [6, 6.07) is 12.1. The average molecular weight is 406 g/mol. The lowest BCUT2D eigenvalue weighted by molar-refractivity contribution is -0.124. The smallest absolute Gasteiger partial charge is 0.339 e. The number of fused-ring (bicyclic) bond motifs is 1. The largest absolute Gasteiger partial charge is 0.454 e. The molecular weight excluding hydrogens is 390 g/mol. The molecule has 0 unspecified atom stereocenters. The minimum absolute atomic E-state index is 0.199. The molecule has 0 saturated carbocycles. The first kappa shape index (κ1) is 17.3. The number of amides is 1. The van der Waals surface area contributed by atoms with Crippen molar-refractivity contribution in [2.75, 3.05) is 13.4 Å². The van der Waals surface area contributed by atoms with Crippen molar-refractivity contribution in [2.24, 2.45) is 0 Å². The van der Waals surface area contributed by atoms with E-state index in [-0.39, 0.29) is 25.3 Å². The normalized spacial score (nSPS) is 13.2. The van der Waals surface area contributed by atoms with Crippen molar-refractivity contribution < 1.29 is 23.8 Å². The number of carbonyl (C=O) groups is 2. The Hall–Kier alpha value is -2.54. The molecule has 25 heavy (non-hydrogen) atoms. The summed E-state index contributed by atoms with van der Waals surface area (Å²) in [5.41, 5.74) is 1.24. The molecule has 1 atom stereocenters. The van der Waals surface area contributed by atoms with E-state index < -0.39 is 5.97 Å². The second-order valence-corrected chi connectivity index (χ2v) is 6.31. The van der Waals surface area contributed by atoms with Gasteiger partial charge in [-0.3, -0.25) is 4.79 Å². The number of nitrogens with one attached hydrogen (secondary N) is 1. The van der Waals surface area contributed by atoms with E-state index in [1.54, 1.807) is 30.3 Å². The molecule has 1 aliphatic heterocycles. The van der Waals surface area contributed by atoms with Crippen LogP contribution in [0.5, 0.6) is 11.5 Å². The van der Waals surface area contributed by atoms with Crippen LogP contribution < -0.4 is 14.8 Å². The van der Waals surface area contributed by atoms with Gasteiger partial charge < -0.3 is 19.5 Å². The van der Waals surface area contributed by atoms with E-state index in [0.29, 0.717) is 21.5 Å². The zero-order chi connectivity index (χ0) is 17.8. The Morgan fingerprint density at radius 3 is 2.76 bits per heavy atom. The predicted octanol–water partition coefficient (Wildman–Crippen LogP) is 3.21. The highest BCUT2D eigenvalue weighted by molar-refractivity contribution is 9.10. The molecule has 0 bridgehead atoms. The van der Waals surface area contributed by atoms with Crippen molar-refractivity contribution in [3.8, 4) is 11.5 Å². The van der Waals surface area contributed by atoms with Crippen LogP contribution in [0, 0.1) is 0 Å². The molecule has 2 aromatic carbocycles. The summed E-state index contributed by atoms with van der Waals surface area (Å²) in [5.74, 6) is 0.396. The van der Waals surface area contributed by atoms with E-state index in [1.165, 1.54) is 0 Å². The van der Waals surface area contributed by atoms with E-state index >= 15 is 0 Å². The summed E-state index contributed by atoms with van der Waals surface area (Å²) in [6.07, 6.45) is 0. The quantitative estimate of drug-likeness (QED) is 0.773. The molecule has 1 N–H and O–H groups in total. The van der Waals surface area contributed by atoms with Gasteiger partial charge in [-0.2, -0.15) is 0 Å². The molecule has 7 heteroatoms. The molecule has 6 nitrogen and oxygen atoms in total. The van der Waals surface area contributed by atoms with E-state index in [1.807, 2.05) is 19.1 Å². The third kappa shape index (κ3) is 4.11. The van der Waals surface area contributed by atoms with E-state index in [0.717, 1.165) is 5.56 Å². The molecule has 0 aliphatic carbocycles. The number of hydrogen-bond acceptors (Lipinski definition) is 5. The second kappa shape index (κ2) is 7.57. The lowest BCUT2D eigenvalue weighted by Gasteiger charge is -2.15. The summed E-state index contributed by atoms with van der Waals surface area (Å²) in [7, 11) is 0. The molecule has 3 rings (SSSR count). The number of esters is 1. The summed E-state index contributed by atoms with van der Waals surface area (Å²) in [5, 5.41) is 2.78. The van der Waals surface area contributed by atoms with Crippen molar-refractivity contribution in [1.29, 1.82) is 0 Å². The van der Waals surface area contributed by atoms with Gasteiger partial charge in [0.05, 0.1) is 11.6 Å². The topological polar surface area (TPSA) is 73.9 Å². The molecular formula is C18H16BrNO5. The van der Waals surface area contributed by atoms with Gasteiger partial charge in [0.2, 0.25) is 6.79 Å². The van der Waals surface area contributed by atoms with E-state index in [2.05, 4.69) is 21.2 Å². The molecule has 0 radical (unpaired) electrons. The average Bonchev–Trinajstić information content (AvgIpc) is 3.07. The fourth-order valence-electron chi connectivity index (χ4n) is 2.38. The maximum atomic E-state index is 12.0. The molecule has 0 spiro atoms. The van der Waals surface area contributed by atoms with Gasteiger partial charge >= 0.3 is 5.97 Å². The molecule has 0 aromatic heterocycles. The minimum Gasteiger partial charge on any atom is -0.454 e. The SMILES string of the molecule is C[C@@H](NC(=O)COC(=O)c1ccccc1Br)c1ccc2c(c1)OCO2. The van der Waals surface area contributed by atoms with Crippen LogP contribution in [0.1, 0.15) is 28.9 Å². The number of benzene rings is 2. The van der Waals surface area contributed by atoms with E-state index in [4.69, 9.17) is 14.2 Å². The van der Waals surface area contributed by atoms with Crippen molar-refractivity contribution in [3.05, 3.63) is 58.1 Å². The van der Waals surface area contributed by atoms with Crippen LogP contribution in [0.3, 0.4) is 0 Å². The lowest BCUT2D eigenvalue weighted by Crippen LogP contribution is -2.31. The molecule has 1 amide bonds. The summed E-state index contributed by atoms with van der Waals surface area (Å²) >= 11 is 3.28. The Bertz CT molecular complexity index is 808. The van der Waals surface area contributed by atoms with Crippen LogP contribution in [-0.4, -0.2) is 25.3 Å². The van der Waals surface area contributed by atoms with Gasteiger partial charge in [0.1, 0.15) is 0 Å². The first-order chi connectivity index (χ1) is 12.0. The van der Waals surface area contributed by atoms with Gasteiger partial charge in [0.15, 0.2) is 18.1 Å². The number of carbonyl (C=O) groups excluding carboxylic acids is 2. The Kier molecular flexibility index (Phi) is 5.23. The highest BCUT2D eigenvalue weighted by atomic mass is 79.9. The predicted molar refractivity (Wildman–Crippen MR) is 93.5 cm³/mol. The molecule has 1 aliphatic rings. The summed E-state index contributed by atoms with van der Waals surface area (Å²) in [6.45, 7) is 1.69. The summed E-state index contributed by atoms with van der Waals surface area (Å²) < 4.78 is 16.3. The van der Waals surface area contributed by atoms with Gasteiger partial charge in [-0.15, -0.1) is 0 Å². The van der Waals surface area contributed by atoms with Gasteiger partial charge in [0, 0.05) is 4.47 Å². The maximum absolute atomic E-state index is 12.0. The third-order valence-electron chi connectivity index (χ3n) is 3.70. The molecule has 0 saturated heterocycles. The van der Waals surface area contributed by atoms with Crippen LogP contribution in [0.25, 0.3) is 0 Å². The fourth-order valence-corrected chi connectivity index (χ4v) is 2.83. The molecule has 1 heterocycles. The van der Waals surface area contributed by atoms with Gasteiger partial charge in [0.25, 0.3) is 5.91 Å². The Labute approximate surface area is 153 Å². The van der Waals surface area contributed by atoms with Gasteiger partial charge in [-0.25, -0.2) is 4.79 Å². The van der Waals surface area contributed by atoms with Crippen LogP contribution in [0.4, 0.5) is 0 Å². The summed E-state index contributed by atoms with van der Waals surface area (Å²) in [4.78, 5) is 24.0. The highest BCUT2D eigenvalue weighted by Gasteiger charge is 2.18. The first-order valence-electron chi connectivity index (χ1n) is 7.65. The standard InChI is InChI=1S/C18H16BrNO5/c1-11(12-6-7-15-16(8-12)25-10-24-15)20-17(21)9-23-18(22)13-4-2-3-5-14(13)19/h2-8,11H,9-10H2,1H3,(H,20,21)/t11-/m1/s1. The number of hydrogen-bond donors (Lipinski definition) is 1. The monoisotopic (exact) mass is 405 g/mol. The second-order valence-electron chi connectivity index (χ2n) is 5.46. The van der Waals surface area contributed by atoms with Gasteiger partial charge in [-0.1, -0.05) is 18.2 Å². The van der Waals surface area contributed by atoms with E-state index in [9.17, 15) is 9.59 Å². The van der Waals surface area contributed by atoms with Crippen molar-refractivity contribution in [3.63, 3.8) is 0 Å². The number of ether oxygens (including phenoxy) is 3. The Morgan fingerprint density at radius 1 is 1.20 bits per heavy atom. The van der Waals surface area contributed by atoms with Crippen LogP contribution >= 0.6 is 15.9 Å². The maximum Gasteiger partial charge on any atom is 0.339 e. The minimum atomic E-state index is -0.557. The van der Waals surface area contributed by atoms with Gasteiger partial charge in [-0.05, 0) is 52.7 Å². The number of halogens is 1. The first-order valence-corrected chi connectivity index (χ1v) is 8.44. The molecule has 2 aromatic rings. The molecule has 130 valence electrons. The van der Waals surface area contributed by atoms with Crippen LogP contribution in [-0.2, 0) is 9.53 Å². The zero-order valence-electron chi connectivity index (χ0n) is 13.5. The van der Waals surface area contributed by atoms with Crippen LogP contribution in [0.2, 0.25) is 0 Å². The van der Waals surface area contributed by atoms with Crippen molar-refractivity contribution >= 4 is 27.8 Å². The van der Waals surface area contributed by atoms with Crippen LogP contribution in [0.15, 0.2) is 46.9 Å². The van der Waals surface area contributed by atoms with Crippen molar-refractivity contribution in [1.82, 2.24) is 5.32 Å². The molecule has 0 fully saturated rings. The third-order valence-corrected chi connectivity index (χ3v) is 4.39.